The third-order valence-corrected chi connectivity index (χ3v) is 3.07. The maximum absolute atomic E-state index is 2.63. The molecule has 2 heteroatoms. The molecule has 14 heavy (non-hydrogen) atoms. The van der Waals surface area contributed by atoms with Crippen LogP contribution in [0.15, 0.2) is 0 Å². The summed E-state index contributed by atoms with van der Waals surface area (Å²) < 4.78 is 0. The van der Waals surface area contributed by atoms with E-state index in [-0.39, 0.29) is 0 Å². The van der Waals surface area contributed by atoms with Gasteiger partial charge in [0.15, 0.2) is 0 Å². The first-order valence-corrected chi connectivity index (χ1v) is 5.81. The number of hydrogen-bond donors (Lipinski definition) is 0. The fourth-order valence-electron chi connectivity index (χ4n) is 2.13. The van der Waals surface area contributed by atoms with Crippen LogP contribution in [0, 0.1) is 5.41 Å². The second-order valence-corrected chi connectivity index (χ2v) is 5.93. The number of likely N-dealkylation sites (tertiary alicyclic amines) is 1. The summed E-state index contributed by atoms with van der Waals surface area (Å²) in [6.45, 7) is 9.53. The van der Waals surface area contributed by atoms with Crippen molar-refractivity contribution in [1.29, 1.82) is 0 Å². The molecule has 0 spiro atoms. The minimum Gasteiger partial charge on any atom is -0.294 e. The van der Waals surface area contributed by atoms with E-state index < -0.39 is 0 Å². The van der Waals surface area contributed by atoms with E-state index in [0.29, 0.717) is 11.6 Å². The number of rotatable bonds is 3. The van der Waals surface area contributed by atoms with Crippen LogP contribution in [0.2, 0.25) is 0 Å². The lowest BCUT2D eigenvalue weighted by molar-refractivity contribution is 0.108. The molecular weight excluding hydrogens is 172 g/mol. The van der Waals surface area contributed by atoms with Crippen LogP contribution >= 0.6 is 0 Å². The van der Waals surface area contributed by atoms with Crippen molar-refractivity contribution >= 4 is 0 Å². The van der Waals surface area contributed by atoms with Crippen LogP contribution in [0.5, 0.6) is 0 Å². The zero-order valence-corrected chi connectivity index (χ0v) is 10.5. The Bertz CT molecular complexity index is 170. The molecule has 1 unspecified atom stereocenters. The molecule has 84 valence electrons. The molecule has 1 atom stereocenters. The molecule has 1 fully saturated rings. The van der Waals surface area contributed by atoms with Crippen LogP contribution in [0.25, 0.3) is 0 Å². The van der Waals surface area contributed by atoms with E-state index in [4.69, 9.17) is 0 Å². The van der Waals surface area contributed by atoms with E-state index in [9.17, 15) is 0 Å². The fourth-order valence-corrected chi connectivity index (χ4v) is 2.13. The molecule has 1 saturated heterocycles. The average Bonchev–Trinajstić information content (AvgIpc) is 2.46. The summed E-state index contributed by atoms with van der Waals surface area (Å²) >= 11 is 0. The van der Waals surface area contributed by atoms with E-state index in [1.54, 1.807) is 0 Å². The van der Waals surface area contributed by atoms with Crippen molar-refractivity contribution in [3.05, 3.63) is 0 Å². The highest BCUT2D eigenvalue weighted by molar-refractivity contribution is 4.78. The van der Waals surface area contributed by atoms with Crippen molar-refractivity contribution in [3.63, 3.8) is 0 Å². The molecule has 0 N–H and O–H groups in total. The van der Waals surface area contributed by atoms with E-state index in [1.165, 1.54) is 32.4 Å². The zero-order chi connectivity index (χ0) is 10.8. The van der Waals surface area contributed by atoms with Gasteiger partial charge in [-0.3, -0.25) is 9.80 Å². The van der Waals surface area contributed by atoms with E-state index in [0.717, 1.165) is 0 Å². The minimum absolute atomic E-state index is 0.472. The summed E-state index contributed by atoms with van der Waals surface area (Å²) in [7, 11) is 4.39. The predicted octanol–water partition coefficient (Wildman–Crippen LogP) is 2.41. The van der Waals surface area contributed by atoms with Crippen molar-refractivity contribution in [1.82, 2.24) is 9.80 Å². The molecule has 1 rings (SSSR count). The van der Waals surface area contributed by atoms with Gasteiger partial charge in [0, 0.05) is 6.54 Å². The van der Waals surface area contributed by atoms with E-state index in [1.807, 2.05) is 0 Å². The van der Waals surface area contributed by atoms with Gasteiger partial charge in [0.2, 0.25) is 0 Å². The van der Waals surface area contributed by atoms with Crippen LogP contribution in [0.4, 0.5) is 0 Å². The second kappa shape index (κ2) is 4.63. The summed E-state index contributed by atoms with van der Waals surface area (Å²) in [5.41, 5.74) is 0.472. The molecule has 1 aliphatic heterocycles. The van der Waals surface area contributed by atoms with Gasteiger partial charge in [0.25, 0.3) is 0 Å². The second-order valence-electron chi connectivity index (χ2n) is 5.93. The molecule has 0 aromatic heterocycles. The third-order valence-electron chi connectivity index (χ3n) is 3.07. The molecule has 2 nitrogen and oxygen atoms in total. The standard InChI is InChI=1S/C12H26N2/c1-12(2,3)8-10-14-9-6-7-11(14)13(4)5/h11H,6-10H2,1-5H3. The molecule has 0 radical (unpaired) electrons. The van der Waals surface area contributed by atoms with Gasteiger partial charge in [-0.2, -0.15) is 0 Å². The summed E-state index contributed by atoms with van der Waals surface area (Å²) in [5.74, 6) is 0. The van der Waals surface area contributed by atoms with Crippen LogP contribution in [-0.4, -0.2) is 43.2 Å². The van der Waals surface area contributed by atoms with Gasteiger partial charge in [0.1, 0.15) is 0 Å². The summed E-state index contributed by atoms with van der Waals surface area (Å²) in [6.07, 6.45) is 4.71. The van der Waals surface area contributed by atoms with Crippen molar-refractivity contribution in [2.45, 2.75) is 46.2 Å². The highest BCUT2D eigenvalue weighted by Crippen LogP contribution is 2.24. The first kappa shape index (κ1) is 12.0. The minimum atomic E-state index is 0.472. The van der Waals surface area contributed by atoms with Gasteiger partial charge in [-0.1, -0.05) is 20.8 Å². The van der Waals surface area contributed by atoms with Crippen molar-refractivity contribution in [3.8, 4) is 0 Å². The van der Waals surface area contributed by atoms with Crippen LogP contribution in [0.3, 0.4) is 0 Å². The van der Waals surface area contributed by atoms with Gasteiger partial charge in [-0.15, -0.1) is 0 Å². The maximum Gasteiger partial charge on any atom is 0.0617 e. The van der Waals surface area contributed by atoms with Gasteiger partial charge in [-0.05, 0) is 45.3 Å². The van der Waals surface area contributed by atoms with Gasteiger partial charge >= 0.3 is 0 Å². The summed E-state index contributed by atoms with van der Waals surface area (Å²) in [5, 5.41) is 0. The normalized spacial score (nSPS) is 24.9. The smallest absolute Gasteiger partial charge is 0.0617 e. The average molecular weight is 198 g/mol. The highest BCUT2D eigenvalue weighted by Gasteiger charge is 2.26. The Morgan fingerprint density at radius 3 is 2.43 bits per heavy atom. The molecule has 0 aromatic carbocycles. The first-order valence-electron chi connectivity index (χ1n) is 5.81. The van der Waals surface area contributed by atoms with E-state index in [2.05, 4.69) is 44.7 Å². The molecule has 0 aromatic rings. The molecule has 1 aliphatic rings. The zero-order valence-electron chi connectivity index (χ0n) is 10.5. The Kier molecular flexibility index (Phi) is 3.96. The van der Waals surface area contributed by atoms with E-state index >= 15 is 0 Å². The predicted molar refractivity (Wildman–Crippen MR) is 62.4 cm³/mol. The van der Waals surface area contributed by atoms with Gasteiger partial charge in [0.05, 0.1) is 6.17 Å². The van der Waals surface area contributed by atoms with Crippen molar-refractivity contribution < 1.29 is 0 Å². The number of nitrogens with zero attached hydrogens (tertiary/aromatic N) is 2. The first-order chi connectivity index (χ1) is 6.40. The molecule has 0 aliphatic carbocycles. The van der Waals surface area contributed by atoms with Crippen LogP contribution < -0.4 is 0 Å². The Labute approximate surface area is 89.3 Å². The van der Waals surface area contributed by atoms with Crippen molar-refractivity contribution in [2.75, 3.05) is 27.2 Å². The Morgan fingerprint density at radius 2 is 1.93 bits per heavy atom. The lowest BCUT2D eigenvalue weighted by Crippen LogP contribution is -2.41. The lowest BCUT2D eigenvalue weighted by Gasteiger charge is -2.31. The molecular formula is C12H26N2. The molecule has 0 saturated carbocycles. The Hall–Kier alpha value is -0.0800. The largest absolute Gasteiger partial charge is 0.294 e. The third kappa shape index (κ3) is 3.58. The van der Waals surface area contributed by atoms with Crippen LogP contribution in [-0.2, 0) is 0 Å². The quantitative estimate of drug-likeness (QED) is 0.687. The fraction of sp³-hybridized carbons (Fsp3) is 1.00. The van der Waals surface area contributed by atoms with Gasteiger partial charge in [-0.25, -0.2) is 0 Å². The Balaban J connectivity index is 2.36. The molecule has 0 bridgehead atoms. The SMILES string of the molecule is CN(C)C1CCCN1CCC(C)(C)C. The highest BCUT2D eigenvalue weighted by atomic mass is 15.3. The summed E-state index contributed by atoms with van der Waals surface area (Å²) in [6, 6.07) is 0. The lowest BCUT2D eigenvalue weighted by atomic mass is 9.92. The Morgan fingerprint density at radius 1 is 1.29 bits per heavy atom. The molecule has 0 amide bonds. The maximum atomic E-state index is 2.63. The van der Waals surface area contributed by atoms with Gasteiger partial charge < -0.3 is 0 Å². The van der Waals surface area contributed by atoms with Crippen LogP contribution in [0.1, 0.15) is 40.0 Å². The molecule has 1 heterocycles. The topological polar surface area (TPSA) is 6.48 Å². The van der Waals surface area contributed by atoms with Crippen molar-refractivity contribution in [2.24, 2.45) is 5.41 Å². The summed E-state index contributed by atoms with van der Waals surface area (Å²) in [4.78, 5) is 4.99. The number of hydrogen-bond acceptors (Lipinski definition) is 2. The monoisotopic (exact) mass is 198 g/mol.